The molecule has 0 saturated carbocycles. The molecule has 2 nitrogen and oxygen atoms in total. The Labute approximate surface area is 65.9 Å². The number of rotatable bonds is 5. The van der Waals surface area contributed by atoms with Crippen molar-refractivity contribution in [2.75, 3.05) is 20.3 Å². The van der Waals surface area contributed by atoms with Gasteiger partial charge in [0.1, 0.15) is 5.54 Å². The van der Waals surface area contributed by atoms with Crippen LogP contribution in [0.5, 0.6) is 0 Å². The molecule has 0 aromatic rings. The Bertz CT molecular complexity index is 103. The van der Waals surface area contributed by atoms with E-state index >= 15 is 0 Å². The summed E-state index contributed by atoms with van der Waals surface area (Å²) in [5.74, 6) is 0. The number of hydrogen-bond acceptors (Lipinski definition) is 2. The van der Waals surface area contributed by atoms with Gasteiger partial charge in [-0.05, 0) is 13.5 Å². The molecule has 0 saturated heterocycles. The van der Waals surface area contributed by atoms with Gasteiger partial charge in [0.05, 0.1) is 6.61 Å². The first-order valence-corrected chi connectivity index (χ1v) is 3.59. The summed E-state index contributed by atoms with van der Waals surface area (Å²) in [5, 5.41) is 2.68. The molecule has 0 amide bonds. The van der Waals surface area contributed by atoms with Crippen molar-refractivity contribution in [3.8, 4) is 0 Å². The highest BCUT2D eigenvalue weighted by Gasteiger charge is 2.33. The highest BCUT2D eigenvalue weighted by Crippen LogP contribution is 2.14. The van der Waals surface area contributed by atoms with Gasteiger partial charge in [-0.25, -0.2) is 8.78 Å². The molecule has 0 bridgehead atoms. The van der Waals surface area contributed by atoms with Gasteiger partial charge in [0.2, 0.25) is 0 Å². The highest BCUT2D eigenvalue weighted by molar-refractivity contribution is 4.84. The van der Waals surface area contributed by atoms with E-state index in [0.29, 0.717) is 6.54 Å². The first-order valence-electron chi connectivity index (χ1n) is 3.59. The molecular formula is C7H15F2NO. The van der Waals surface area contributed by atoms with Crippen LogP contribution in [-0.2, 0) is 4.74 Å². The Morgan fingerprint density at radius 3 is 2.36 bits per heavy atom. The van der Waals surface area contributed by atoms with Gasteiger partial charge in [-0.2, -0.15) is 0 Å². The summed E-state index contributed by atoms with van der Waals surface area (Å²) in [6, 6.07) is 0. The minimum atomic E-state index is -2.40. The predicted molar refractivity (Wildman–Crippen MR) is 40.0 cm³/mol. The lowest BCUT2D eigenvalue weighted by molar-refractivity contribution is -0.00727. The zero-order valence-corrected chi connectivity index (χ0v) is 7.16. The van der Waals surface area contributed by atoms with E-state index in [1.807, 2.05) is 0 Å². The molecule has 4 heteroatoms. The molecule has 11 heavy (non-hydrogen) atoms. The van der Waals surface area contributed by atoms with Crippen molar-refractivity contribution in [3.63, 3.8) is 0 Å². The van der Waals surface area contributed by atoms with E-state index in [4.69, 9.17) is 0 Å². The second-order valence-electron chi connectivity index (χ2n) is 2.68. The second-order valence-corrected chi connectivity index (χ2v) is 2.68. The number of likely N-dealkylation sites (N-methyl/N-ethyl adjacent to an activating group) is 1. The Kier molecular flexibility index (Phi) is 4.52. The summed E-state index contributed by atoms with van der Waals surface area (Å²) in [6.45, 7) is 3.78. The van der Waals surface area contributed by atoms with Crippen LogP contribution in [0.15, 0.2) is 0 Å². The molecule has 1 unspecified atom stereocenters. The summed E-state index contributed by atoms with van der Waals surface area (Å²) in [4.78, 5) is 0. The van der Waals surface area contributed by atoms with Gasteiger partial charge < -0.3 is 10.1 Å². The van der Waals surface area contributed by atoms with Gasteiger partial charge >= 0.3 is 0 Å². The van der Waals surface area contributed by atoms with Crippen molar-refractivity contribution in [2.24, 2.45) is 0 Å². The van der Waals surface area contributed by atoms with E-state index in [1.54, 1.807) is 6.92 Å². The molecule has 0 spiro atoms. The lowest BCUT2D eigenvalue weighted by atomic mass is 10.1. The average molecular weight is 167 g/mol. The van der Waals surface area contributed by atoms with Gasteiger partial charge in [0, 0.05) is 7.11 Å². The van der Waals surface area contributed by atoms with Crippen molar-refractivity contribution >= 4 is 0 Å². The topological polar surface area (TPSA) is 21.3 Å². The van der Waals surface area contributed by atoms with E-state index in [0.717, 1.165) is 0 Å². The molecule has 0 fully saturated rings. The zero-order chi connectivity index (χ0) is 8.91. The van der Waals surface area contributed by atoms with Crippen LogP contribution in [0.1, 0.15) is 13.8 Å². The predicted octanol–water partition coefficient (Wildman–Crippen LogP) is 1.27. The van der Waals surface area contributed by atoms with E-state index < -0.39 is 12.0 Å². The SMILES string of the molecule is CCNC(C)(COC)C(F)F. The standard InChI is InChI=1S/C7H15F2NO/c1-4-10-7(2,5-11-3)6(8)9/h6,10H,4-5H2,1-3H3. The molecule has 1 N–H and O–H groups in total. The molecule has 0 aliphatic rings. The normalized spacial score (nSPS) is 16.9. The van der Waals surface area contributed by atoms with E-state index in [2.05, 4.69) is 10.1 Å². The van der Waals surface area contributed by atoms with Gasteiger partial charge in [-0.3, -0.25) is 0 Å². The number of hydrogen-bond donors (Lipinski definition) is 1. The fraction of sp³-hybridized carbons (Fsp3) is 1.00. The molecule has 0 rings (SSSR count). The van der Waals surface area contributed by atoms with Gasteiger partial charge in [0.15, 0.2) is 0 Å². The summed E-state index contributed by atoms with van der Waals surface area (Å²) in [5.41, 5.74) is -1.20. The Morgan fingerprint density at radius 1 is 1.55 bits per heavy atom. The maximum Gasteiger partial charge on any atom is 0.258 e. The minimum Gasteiger partial charge on any atom is -0.383 e. The Balaban J connectivity index is 4.01. The second kappa shape index (κ2) is 4.62. The third kappa shape index (κ3) is 3.12. The third-order valence-electron chi connectivity index (χ3n) is 1.51. The molecule has 68 valence electrons. The smallest absolute Gasteiger partial charge is 0.258 e. The van der Waals surface area contributed by atoms with Crippen LogP contribution in [0.4, 0.5) is 8.78 Å². The van der Waals surface area contributed by atoms with Crippen LogP contribution in [0, 0.1) is 0 Å². The molecule has 0 aliphatic carbocycles. The highest BCUT2D eigenvalue weighted by atomic mass is 19.3. The first kappa shape index (κ1) is 10.8. The molecule has 0 heterocycles. The maximum absolute atomic E-state index is 12.3. The molecule has 0 aromatic carbocycles. The number of halogens is 2. The molecule has 0 aromatic heterocycles. The summed E-state index contributed by atoms with van der Waals surface area (Å²) in [7, 11) is 1.41. The van der Waals surface area contributed by atoms with E-state index in [-0.39, 0.29) is 6.61 Å². The van der Waals surface area contributed by atoms with Crippen LogP contribution in [0.2, 0.25) is 0 Å². The van der Waals surface area contributed by atoms with Crippen LogP contribution in [-0.4, -0.2) is 32.2 Å². The van der Waals surface area contributed by atoms with Gasteiger partial charge in [0.25, 0.3) is 6.43 Å². The largest absolute Gasteiger partial charge is 0.383 e. The third-order valence-corrected chi connectivity index (χ3v) is 1.51. The summed E-state index contributed by atoms with van der Waals surface area (Å²) >= 11 is 0. The van der Waals surface area contributed by atoms with Gasteiger partial charge in [-0.1, -0.05) is 6.92 Å². The number of nitrogens with one attached hydrogen (secondary N) is 1. The number of methoxy groups -OCH3 is 1. The summed E-state index contributed by atoms with van der Waals surface area (Å²) < 4.78 is 29.3. The lowest BCUT2D eigenvalue weighted by Gasteiger charge is -2.28. The van der Waals surface area contributed by atoms with Crippen molar-refractivity contribution in [1.82, 2.24) is 5.32 Å². The van der Waals surface area contributed by atoms with Crippen LogP contribution in [0.25, 0.3) is 0 Å². The Morgan fingerprint density at radius 2 is 2.09 bits per heavy atom. The maximum atomic E-state index is 12.3. The molecule has 0 aliphatic heterocycles. The van der Waals surface area contributed by atoms with Crippen LogP contribution in [0.3, 0.4) is 0 Å². The van der Waals surface area contributed by atoms with Crippen LogP contribution < -0.4 is 5.32 Å². The molecular weight excluding hydrogens is 152 g/mol. The fourth-order valence-electron chi connectivity index (χ4n) is 0.895. The number of alkyl halides is 2. The quantitative estimate of drug-likeness (QED) is 0.665. The minimum absolute atomic E-state index is 0.0263. The molecule has 1 atom stereocenters. The summed E-state index contributed by atoms with van der Waals surface area (Å²) in [6.07, 6.45) is -2.40. The first-order chi connectivity index (χ1) is 5.06. The zero-order valence-electron chi connectivity index (χ0n) is 7.16. The fourth-order valence-corrected chi connectivity index (χ4v) is 0.895. The molecule has 0 radical (unpaired) electrons. The van der Waals surface area contributed by atoms with Crippen molar-refractivity contribution in [2.45, 2.75) is 25.8 Å². The van der Waals surface area contributed by atoms with Crippen molar-refractivity contribution in [3.05, 3.63) is 0 Å². The van der Waals surface area contributed by atoms with E-state index in [1.165, 1.54) is 14.0 Å². The van der Waals surface area contributed by atoms with Crippen molar-refractivity contribution in [1.29, 1.82) is 0 Å². The lowest BCUT2D eigenvalue weighted by Crippen LogP contribution is -2.52. The van der Waals surface area contributed by atoms with Gasteiger partial charge in [-0.15, -0.1) is 0 Å². The monoisotopic (exact) mass is 167 g/mol. The van der Waals surface area contributed by atoms with E-state index in [9.17, 15) is 8.78 Å². The van der Waals surface area contributed by atoms with Crippen LogP contribution >= 0.6 is 0 Å². The number of ether oxygens (including phenoxy) is 1. The average Bonchev–Trinajstić information content (AvgIpc) is 1.88. The van der Waals surface area contributed by atoms with Crippen molar-refractivity contribution < 1.29 is 13.5 Å². The Hall–Kier alpha value is -0.220.